The van der Waals surface area contributed by atoms with Crippen LogP contribution in [0.1, 0.15) is 11.4 Å². The Balaban J connectivity index is 1.43. The first kappa shape index (κ1) is 14.4. The van der Waals surface area contributed by atoms with E-state index in [1.165, 1.54) is 0 Å². The summed E-state index contributed by atoms with van der Waals surface area (Å²) < 4.78 is 1.74. The second-order valence-electron chi connectivity index (χ2n) is 6.65. The lowest BCUT2D eigenvalue weighted by molar-refractivity contribution is -0.120. The third kappa shape index (κ3) is 2.63. The number of carbonyl (C=O) groups excluding carboxylic acids is 1. The van der Waals surface area contributed by atoms with Gasteiger partial charge in [0.05, 0.1) is 23.5 Å². The number of likely N-dealkylation sites (tertiary alicyclic amines) is 1. The third-order valence-electron chi connectivity index (χ3n) is 4.85. The van der Waals surface area contributed by atoms with E-state index in [4.69, 9.17) is 0 Å². The highest BCUT2D eigenvalue weighted by Crippen LogP contribution is 2.35. The Bertz CT molecular complexity index is 740. The van der Waals surface area contributed by atoms with E-state index in [2.05, 4.69) is 21.0 Å². The van der Waals surface area contributed by atoms with Crippen LogP contribution < -0.4 is 4.90 Å². The minimum absolute atomic E-state index is 0.111. The molecule has 2 fully saturated rings. The first-order chi connectivity index (χ1) is 11.1. The van der Waals surface area contributed by atoms with Crippen molar-refractivity contribution in [2.45, 2.75) is 13.5 Å². The lowest BCUT2D eigenvalue weighted by Crippen LogP contribution is -2.32. The number of aryl methyl sites for hydroxylation is 2. The van der Waals surface area contributed by atoms with Crippen molar-refractivity contribution in [2.24, 2.45) is 18.9 Å². The number of carbonyl (C=O) groups is 1. The molecule has 0 aliphatic carbocycles. The molecule has 0 saturated carbocycles. The predicted octanol–water partition coefficient (Wildman–Crippen LogP) is 1.22. The molecule has 2 aromatic heterocycles. The van der Waals surface area contributed by atoms with Gasteiger partial charge < -0.3 is 4.90 Å². The van der Waals surface area contributed by atoms with Crippen LogP contribution in [-0.2, 0) is 18.4 Å². The Morgan fingerprint density at radius 1 is 1.26 bits per heavy atom. The van der Waals surface area contributed by atoms with Crippen molar-refractivity contribution in [1.82, 2.24) is 19.7 Å². The van der Waals surface area contributed by atoms with E-state index in [9.17, 15) is 4.79 Å². The van der Waals surface area contributed by atoms with E-state index in [1.54, 1.807) is 10.9 Å². The molecule has 0 aromatic carbocycles. The summed E-state index contributed by atoms with van der Waals surface area (Å²) in [6.45, 7) is 5.43. The summed E-state index contributed by atoms with van der Waals surface area (Å²) in [6.07, 6.45) is 3.68. The number of nitrogens with zero attached hydrogens (tertiary/aromatic N) is 5. The van der Waals surface area contributed by atoms with Crippen LogP contribution in [0.25, 0.3) is 0 Å². The maximum absolute atomic E-state index is 12.7. The Labute approximate surface area is 135 Å². The molecule has 120 valence electrons. The van der Waals surface area contributed by atoms with Crippen LogP contribution >= 0.6 is 0 Å². The van der Waals surface area contributed by atoms with Gasteiger partial charge in [-0.05, 0) is 19.1 Å². The van der Waals surface area contributed by atoms with Gasteiger partial charge in [0, 0.05) is 51.0 Å². The zero-order valence-electron chi connectivity index (χ0n) is 13.5. The number of anilines is 1. The molecule has 2 aliphatic rings. The summed E-state index contributed by atoms with van der Waals surface area (Å²) in [7, 11) is 1.88. The van der Waals surface area contributed by atoms with Gasteiger partial charge in [0.2, 0.25) is 5.91 Å². The molecule has 6 heteroatoms. The number of pyridine rings is 1. The zero-order valence-corrected chi connectivity index (χ0v) is 13.5. The fourth-order valence-corrected chi connectivity index (χ4v) is 3.78. The fourth-order valence-electron chi connectivity index (χ4n) is 3.78. The minimum atomic E-state index is 0.111. The van der Waals surface area contributed by atoms with Crippen molar-refractivity contribution in [3.05, 3.63) is 42.0 Å². The van der Waals surface area contributed by atoms with Crippen LogP contribution in [0, 0.1) is 18.8 Å². The van der Waals surface area contributed by atoms with Gasteiger partial charge in [-0.25, -0.2) is 0 Å². The molecule has 23 heavy (non-hydrogen) atoms. The van der Waals surface area contributed by atoms with E-state index in [0.717, 1.165) is 43.3 Å². The Morgan fingerprint density at radius 3 is 2.83 bits per heavy atom. The fraction of sp³-hybridized carbons (Fsp3) is 0.471. The highest BCUT2D eigenvalue weighted by atomic mass is 16.2. The maximum atomic E-state index is 12.7. The molecule has 0 spiro atoms. The largest absolute Gasteiger partial charge is 0.309 e. The van der Waals surface area contributed by atoms with Gasteiger partial charge in [0.1, 0.15) is 0 Å². The first-order valence-electron chi connectivity index (χ1n) is 8.05. The van der Waals surface area contributed by atoms with Crippen LogP contribution in [0.3, 0.4) is 0 Å². The standard InChI is InChI=1S/C17H21N5O/c1-12-4-3-5-14(19-12)9-21-7-13-8-22(17(23)16(13)11-21)15-6-18-20(2)10-15/h3-6,10,13,16H,7-9,11H2,1-2H3/t13-,16-/m0/s1. The molecule has 0 unspecified atom stereocenters. The van der Waals surface area contributed by atoms with Crippen LogP contribution in [-0.4, -0.2) is 45.2 Å². The molecule has 2 atom stereocenters. The molecular weight excluding hydrogens is 290 g/mol. The lowest BCUT2D eigenvalue weighted by Gasteiger charge is -2.20. The summed E-state index contributed by atoms with van der Waals surface area (Å²) in [6, 6.07) is 6.12. The van der Waals surface area contributed by atoms with Crippen LogP contribution in [0.4, 0.5) is 5.69 Å². The van der Waals surface area contributed by atoms with Crippen molar-refractivity contribution in [2.75, 3.05) is 24.5 Å². The molecule has 6 nitrogen and oxygen atoms in total. The highest BCUT2D eigenvalue weighted by molar-refractivity contribution is 5.97. The van der Waals surface area contributed by atoms with Crippen LogP contribution in [0.15, 0.2) is 30.6 Å². The van der Waals surface area contributed by atoms with Gasteiger partial charge in [-0.15, -0.1) is 0 Å². The third-order valence-corrected chi connectivity index (χ3v) is 4.85. The maximum Gasteiger partial charge on any atom is 0.231 e. The summed E-state index contributed by atoms with van der Waals surface area (Å²) in [5.74, 6) is 0.759. The number of rotatable bonds is 3. The second-order valence-corrected chi connectivity index (χ2v) is 6.65. The van der Waals surface area contributed by atoms with E-state index in [0.29, 0.717) is 5.92 Å². The molecule has 1 amide bonds. The minimum Gasteiger partial charge on any atom is -0.309 e. The molecule has 4 heterocycles. The van der Waals surface area contributed by atoms with E-state index < -0.39 is 0 Å². The number of hydrogen-bond acceptors (Lipinski definition) is 4. The Hall–Kier alpha value is -2.21. The van der Waals surface area contributed by atoms with Gasteiger partial charge in [0.15, 0.2) is 0 Å². The lowest BCUT2D eigenvalue weighted by atomic mass is 10.0. The number of amides is 1. The first-order valence-corrected chi connectivity index (χ1v) is 8.05. The van der Waals surface area contributed by atoms with Gasteiger partial charge >= 0.3 is 0 Å². The predicted molar refractivity (Wildman–Crippen MR) is 86.8 cm³/mol. The zero-order chi connectivity index (χ0) is 16.0. The Kier molecular flexibility index (Phi) is 3.41. The van der Waals surface area contributed by atoms with Crippen molar-refractivity contribution >= 4 is 11.6 Å². The normalized spacial score (nSPS) is 24.4. The Morgan fingerprint density at radius 2 is 2.13 bits per heavy atom. The van der Waals surface area contributed by atoms with E-state index >= 15 is 0 Å². The number of hydrogen-bond donors (Lipinski definition) is 0. The van der Waals surface area contributed by atoms with Gasteiger partial charge in [0.25, 0.3) is 0 Å². The number of fused-ring (bicyclic) bond motifs is 1. The van der Waals surface area contributed by atoms with E-state index in [1.807, 2.05) is 37.2 Å². The van der Waals surface area contributed by atoms with Crippen molar-refractivity contribution < 1.29 is 4.79 Å². The molecular formula is C17H21N5O. The van der Waals surface area contributed by atoms with Crippen molar-refractivity contribution in [3.8, 4) is 0 Å². The summed E-state index contributed by atoms with van der Waals surface area (Å²) in [5, 5.41) is 4.17. The van der Waals surface area contributed by atoms with Crippen molar-refractivity contribution in [3.63, 3.8) is 0 Å². The SMILES string of the molecule is Cc1cccc(CN2C[C@H]3CN(c4cnn(C)c4)C(=O)[C@H]3C2)n1. The molecule has 2 saturated heterocycles. The summed E-state index contributed by atoms with van der Waals surface area (Å²) in [5.41, 5.74) is 3.04. The topological polar surface area (TPSA) is 54.3 Å². The molecule has 4 rings (SSSR count). The van der Waals surface area contributed by atoms with Gasteiger partial charge in [-0.3, -0.25) is 19.4 Å². The van der Waals surface area contributed by atoms with Crippen molar-refractivity contribution in [1.29, 1.82) is 0 Å². The molecule has 2 aliphatic heterocycles. The average molecular weight is 311 g/mol. The molecule has 0 bridgehead atoms. The van der Waals surface area contributed by atoms with Gasteiger partial charge in [-0.2, -0.15) is 5.10 Å². The quantitative estimate of drug-likeness (QED) is 0.855. The number of aromatic nitrogens is 3. The van der Waals surface area contributed by atoms with Crippen LogP contribution in [0.2, 0.25) is 0 Å². The molecule has 2 aromatic rings. The molecule has 0 radical (unpaired) electrons. The van der Waals surface area contributed by atoms with Gasteiger partial charge in [-0.1, -0.05) is 6.07 Å². The monoisotopic (exact) mass is 311 g/mol. The highest BCUT2D eigenvalue weighted by Gasteiger charge is 2.46. The second kappa shape index (κ2) is 5.45. The van der Waals surface area contributed by atoms with Crippen LogP contribution in [0.5, 0.6) is 0 Å². The van der Waals surface area contributed by atoms with E-state index in [-0.39, 0.29) is 11.8 Å². The summed E-state index contributed by atoms with van der Waals surface area (Å²) in [4.78, 5) is 21.5. The average Bonchev–Trinajstić information content (AvgIpc) is 3.16. The molecule has 0 N–H and O–H groups in total. The smallest absolute Gasteiger partial charge is 0.231 e. The summed E-state index contributed by atoms with van der Waals surface area (Å²) >= 11 is 0.